The summed E-state index contributed by atoms with van der Waals surface area (Å²) in [6.45, 7) is 4.85. The van der Waals surface area contributed by atoms with Crippen LogP contribution in [0.1, 0.15) is 62.5 Å². The number of alkyl halides is 6. The number of amides is 4. The first-order chi connectivity index (χ1) is 50.9. The molecule has 10 aromatic rings. The molecule has 0 aliphatic carbocycles. The van der Waals surface area contributed by atoms with E-state index in [1.807, 2.05) is 91.0 Å². The number of anilines is 8. The number of carbonyl (C=O) groups excluding carboxylic acids is 4. The van der Waals surface area contributed by atoms with Gasteiger partial charge in [0.2, 0.25) is 23.6 Å². The molecule has 548 valence electrons. The Kier molecular flexibility index (Phi) is 21.2. The molecule has 28 heteroatoms. The fourth-order valence-corrected chi connectivity index (χ4v) is 15.5. The number of likely N-dealkylation sites (tertiary alicyclic amines) is 2. The molecule has 0 saturated carbocycles. The number of fused-ring (bicyclic) bond motifs is 8. The van der Waals surface area contributed by atoms with E-state index in [2.05, 4.69) is 81.0 Å². The van der Waals surface area contributed by atoms with Gasteiger partial charge in [0.1, 0.15) is 13.1 Å². The molecule has 0 radical (unpaired) electrons. The number of carbonyl (C=O) groups is 4. The molecule has 4 fully saturated rings. The van der Waals surface area contributed by atoms with Crippen LogP contribution in [0.5, 0.6) is 0 Å². The number of benzene rings is 6. The van der Waals surface area contributed by atoms with Crippen molar-refractivity contribution in [2.75, 3.05) is 110 Å². The molecule has 0 atom stereocenters. The Bertz CT molecular complexity index is 4970. The number of pyridine rings is 4. The highest BCUT2D eigenvalue weighted by Crippen LogP contribution is 2.48. The largest absolute Gasteiger partial charge is 0.490 e. The summed E-state index contributed by atoms with van der Waals surface area (Å²) in [6, 6.07) is 39.2. The highest BCUT2D eigenvalue weighted by molar-refractivity contribution is 9.10. The van der Waals surface area contributed by atoms with Crippen LogP contribution in [0, 0.1) is 11.8 Å². The van der Waals surface area contributed by atoms with Gasteiger partial charge in [-0.15, -0.1) is 0 Å². The maximum Gasteiger partial charge on any atom is 0.490 e. The van der Waals surface area contributed by atoms with E-state index in [0.29, 0.717) is 102 Å². The fourth-order valence-electron chi connectivity index (χ4n) is 15.1. The van der Waals surface area contributed by atoms with Crippen LogP contribution in [0.2, 0.25) is 0 Å². The van der Waals surface area contributed by atoms with E-state index < -0.39 is 30.6 Å². The smallest absolute Gasteiger partial charge is 0.423 e. The van der Waals surface area contributed by atoms with Gasteiger partial charge in [0.05, 0.1) is 68.3 Å². The van der Waals surface area contributed by atoms with E-state index in [1.165, 1.54) is 24.5 Å². The number of piperidine rings is 4. The predicted octanol–water partition coefficient (Wildman–Crippen LogP) is 12.4. The summed E-state index contributed by atoms with van der Waals surface area (Å²) in [4.78, 5) is 80.3. The van der Waals surface area contributed by atoms with Gasteiger partial charge >= 0.3 is 19.5 Å². The van der Waals surface area contributed by atoms with Crippen LogP contribution in [0.4, 0.5) is 71.8 Å². The molecule has 4 amide bonds. The maximum atomic E-state index is 14.8. The highest BCUT2D eigenvalue weighted by Gasteiger charge is 2.41. The van der Waals surface area contributed by atoms with Crippen LogP contribution in [0.3, 0.4) is 0 Å². The second-order valence-corrected chi connectivity index (χ2v) is 29.0. The zero-order valence-electron chi connectivity index (χ0n) is 58.3. The first-order valence-electron chi connectivity index (χ1n) is 35.6. The van der Waals surface area contributed by atoms with E-state index in [9.17, 15) is 45.5 Å². The van der Waals surface area contributed by atoms with Crippen molar-refractivity contribution >= 4 is 141 Å². The van der Waals surface area contributed by atoms with Crippen molar-refractivity contribution < 1.29 is 55.6 Å². The number of nitrogens with zero attached hydrogens (tertiary/aromatic N) is 10. The Morgan fingerprint density at radius 3 is 1.40 bits per heavy atom. The molecule has 0 unspecified atom stereocenters. The first kappa shape index (κ1) is 72.9. The van der Waals surface area contributed by atoms with Crippen molar-refractivity contribution in [3.8, 4) is 11.1 Å². The monoisotopic (exact) mass is 1510 g/mol. The third kappa shape index (κ3) is 16.2. The Balaban J connectivity index is 0.000000154. The van der Waals surface area contributed by atoms with Gasteiger partial charge in [-0.2, -0.15) is 26.3 Å². The summed E-state index contributed by atoms with van der Waals surface area (Å²) in [6.07, 6.45) is 2.65. The van der Waals surface area contributed by atoms with Crippen LogP contribution in [0.25, 0.3) is 54.7 Å². The molecular weight excluding hydrogens is 1430 g/mol. The van der Waals surface area contributed by atoms with Gasteiger partial charge in [0.15, 0.2) is 0 Å². The van der Waals surface area contributed by atoms with Crippen molar-refractivity contribution in [3.05, 3.63) is 174 Å². The first-order valence-corrected chi connectivity index (χ1v) is 36.4. The lowest BCUT2D eigenvalue weighted by atomic mass is 9.81. The van der Waals surface area contributed by atoms with Gasteiger partial charge in [-0.25, -0.2) is 0 Å². The Hall–Kier alpha value is -10.00. The molecular formula is C78H78BBrF6N14O6. The standard InChI is InChI=1S/C39H38F3N7O2.C30H32BrF3N6O2.C9H8BNO2/c1-47-14-12-28(13-15-47)45-38(51)24-10-16-48(17-11-24)35-9-7-29(20-31(35)39(40,41)42)49-23-36(50)46-34-22-44-33-8-6-25(19-30(33)37(34)49)27-18-26-4-2-3-5-32(26)43-21-27;1-38-10-8-20(9-11-38)36-29(42)18-6-12-39(13-7-18)26-5-3-21(15-23(26)30(32,33)34)40-17-27(41)37-25-16-35-24-4-2-19(31)14-22(24)28(25)40;12-10(13)8-5-7-3-1-2-4-9(7)11-6-8/h2-9,18-22,24,28H,10-17,23H2,1H3,(H,45,51)(H,46,50);2-5,14-16,18,20H,6-13,17H2,1H3,(H,36,42)(H,37,41);1-6,12-13H. The second kappa shape index (κ2) is 30.8. The topological polar surface area (TPSA) is 228 Å². The van der Waals surface area contributed by atoms with E-state index in [1.54, 1.807) is 50.2 Å². The molecule has 106 heavy (non-hydrogen) atoms. The minimum Gasteiger partial charge on any atom is -0.423 e. The van der Waals surface area contributed by atoms with E-state index in [-0.39, 0.29) is 83.4 Å². The van der Waals surface area contributed by atoms with Crippen molar-refractivity contribution in [2.24, 2.45) is 11.8 Å². The molecule has 0 bridgehead atoms. The number of rotatable bonds is 10. The summed E-state index contributed by atoms with van der Waals surface area (Å²) < 4.78 is 88.8. The quantitative estimate of drug-likeness (QED) is 0.0553. The van der Waals surface area contributed by atoms with Crippen molar-refractivity contribution in [1.29, 1.82) is 0 Å². The molecule has 4 aromatic heterocycles. The third-order valence-corrected chi connectivity index (χ3v) is 21.4. The summed E-state index contributed by atoms with van der Waals surface area (Å²) in [5.41, 5.74) is 6.36. The molecule has 10 heterocycles. The van der Waals surface area contributed by atoms with E-state index in [0.717, 1.165) is 101 Å². The number of hydrogen-bond donors (Lipinski definition) is 6. The molecule has 20 nitrogen and oxygen atoms in total. The number of aromatic nitrogens is 4. The molecule has 0 spiro atoms. The number of halogens is 7. The van der Waals surface area contributed by atoms with Gasteiger partial charge in [0.25, 0.3) is 0 Å². The lowest BCUT2D eigenvalue weighted by Crippen LogP contribution is -2.47. The van der Waals surface area contributed by atoms with Crippen LogP contribution < -0.4 is 46.3 Å². The molecule has 6 aliphatic heterocycles. The third-order valence-electron chi connectivity index (χ3n) is 20.9. The Morgan fingerprint density at radius 2 is 0.925 bits per heavy atom. The van der Waals surface area contributed by atoms with Crippen LogP contribution >= 0.6 is 15.9 Å². The predicted molar refractivity (Wildman–Crippen MR) is 405 cm³/mol. The van der Waals surface area contributed by atoms with Gasteiger partial charge in [-0.3, -0.25) is 39.1 Å². The number of hydrogen-bond acceptors (Lipinski definition) is 16. The minimum absolute atomic E-state index is 0.000566. The van der Waals surface area contributed by atoms with Crippen molar-refractivity contribution in [2.45, 2.75) is 75.8 Å². The maximum absolute atomic E-state index is 14.8. The molecule has 6 aromatic carbocycles. The highest BCUT2D eigenvalue weighted by atomic mass is 79.9. The van der Waals surface area contributed by atoms with Gasteiger partial charge in [-0.1, -0.05) is 64.5 Å². The number of para-hydroxylation sites is 2. The summed E-state index contributed by atoms with van der Waals surface area (Å²) in [5.74, 6) is -1.12. The average molecular weight is 1510 g/mol. The minimum atomic E-state index is -4.65. The van der Waals surface area contributed by atoms with Gasteiger partial charge in [0, 0.05) is 117 Å². The van der Waals surface area contributed by atoms with Crippen LogP contribution in [0.15, 0.2) is 163 Å². The molecule has 6 N–H and O–H groups in total. The SMILES string of the molecule is CN1CCC(NC(=O)C2CCN(c3ccc(N4CC(=O)Nc5cnc6ccc(-c7cnc8ccccc8c7)cc6c54)cc3C(F)(F)F)CC2)CC1.CN1CCC(NC(=O)C2CCN(c3ccc(N4CC(=O)Nc5cnc6ccc(Br)cc6c54)cc3C(F)(F)F)CC2)CC1.OB(O)c1cnc2ccccc2c1. The average Bonchev–Trinajstić information content (AvgIpc) is 0.752. The molecule has 16 rings (SSSR count). The number of nitrogens with one attached hydrogen (secondary N) is 4. The summed E-state index contributed by atoms with van der Waals surface area (Å²) in [7, 11) is 2.69. The van der Waals surface area contributed by atoms with Crippen LogP contribution in [-0.4, -0.2) is 162 Å². The normalized spacial score (nSPS) is 17.4. The van der Waals surface area contributed by atoms with Crippen LogP contribution in [-0.2, 0) is 31.5 Å². The van der Waals surface area contributed by atoms with E-state index >= 15 is 0 Å². The lowest BCUT2D eigenvalue weighted by Gasteiger charge is -2.37. The van der Waals surface area contributed by atoms with Gasteiger partial charge in [-0.05, 0) is 188 Å². The molecule has 6 aliphatic rings. The van der Waals surface area contributed by atoms with Crippen molar-refractivity contribution in [3.63, 3.8) is 0 Å². The summed E-state index contributed by atoms with van der Waals surface area (Å²) >= 11 is 3.46. The Labute approximate surface area is 616 Å². The Morgan fingerprint density at radius 1 is 0.491 bits per heavy atom. The summed E-state index contributed by atoms with van der Waals surface area (Å²) in [5, 5.41) is 33.1. The second-order valence-electron chi connectivity index (χ2n) is 28.0. The zero-order valence-corrected chi connectivity index (χ0v) is 59.9. The lowest BCUT2D eigenvalue weighted by molar-refractivity contribution is -0.138. The van der Waals surface area contributed by atoms with E-state index in [4.69, 9.17) is 10.0 Å². The van der Waals surface area contributed by atoms with Gasteiger partial charge < -0.3 is 60.7 Å². The molecule has 4 saturated heterocycles. The fraction of sp³-hybridized carbons (Fsp3) is 0.333. The zero-order chi connectivity index (χ0) is 74.1. The van der Waals surface area contributed by atoms with Crippen molar-refractivity contribution in [1.82, 2.24) is 40.4 Å².